The van der Waals surface area contributed by atoms with E-state index < -0.39 is 177 Å². The minimum absolute atomic E-state index is 0.0567. The van der Waals surface area contributed by atoms with E-state index in [0.29, 0.717) is 57.8 Å². The summed E-state index contributed by atoms with van der Waals surface area (Å²) in [5.41, 5.74) is -2.14. The maximum absolute atomic E-state index is 15.1. The van der Waals surface area contributed by atoms with Crippen molar-refractivity contribution < 1.29 is 114 Å². The molecule has 14 N–H and O–H groups in total. The van der Waals surface area contributed by atoms with Gasteiger partial charge in [0.05, 0.1) is 44.6 Å². The third-order valence-electron chi connectivity index (χ3n) is 21.1. The summed E-state index contributed by atoms with van der Waals surface area (Å²) < 4.78 is 48.0. The number of carbonyl (C=O) groups is 1. The number of fused-ring (bicyclic) bond motifs is 7. The Kier molecular flexibility index (Phi) is 16.8. The summed E-state index contributed by atoms with van der Waals surface area (Å²) in [6.07, 6.45) is -22.3. The van der Waals surface area contributed by atoms with E-state index in [1.54, 1.807) is 0 Å². The summed E-state index contributed by atoms with van der Waals surface area (Å²) in [7, 11) is 0. The number of carbonyl (C=O) groups excluding carboxylic acids is 1. The molecule has 4 saturated heterocycles. The van der Waals surface area contributed by atoms with E-state index in [1.165, 1.54) is 5.57 Å². The zero-order chi connectivity index (χ0) is 55.4. The molecule has 4 heterocycles. The predicted molar refractivity (Wildman–Crippen MR) is 258 cm³/mol. The predicted octanol–water partition coefficient (Wildman–Crippen LogP) is -2.42. The zero-order valence-corrected chi connectivity index (χ0v) is 44.4. The SMILES string of the molecule is CC1(C)CC[C@]2(C(=O)O[C@@H]3OC[C@H](O)[C@H](O[C@@H]4O[C@H](CO)[C@@H](O)[C@H](O)[C@H]4O)[C@H]3O)CC[C@]3(C)C(=CC[C@@H]4[C@@]5(C)CC[C@H](O[C@@H]6O[C@H](CO)[C@@H](O)[C@H](O)[C@H]6O)[C@@](C)(CO[C@@H]6O[C@H](CO)[C@@H](O)[C@H](O)[C@H]6O)[C@@H]5CC[C@]43C)[C@@H]2C1. The van der Waals surface area contributed by atoms with Gasteiger partial charge in [0.25, 0.3) is 0 Å². The lowest BCUT2D eigenvalue weighted by atomic mass is 9.33. The highest BCUT2D eigenvalue weighted by molar-refractivity contribution is 5.79. The number of allylic oxidation sites excluding steroid dienone is 2. The van der Waals surface area contributed by atoms with Gasteiger partial charge in [0, 0.05) is 5.41 Å². The summed E-state index contributed by atoms with van der Waals surface area (Å²) in [4.78, 5) is 15.1. The second-order valence-corrected chi connectivity index (χ2v) is 25.7. The monoisotopic (exact) mass is 1090 g/mol. The largest absolute Gasteiger partial charge is 0.432 e. The normalized spacial score (nSPS) is 54.3. The van der Waals surface area contributed by atoms with E-state index in [2.05, 4.69) is 40.7 Å². The van der Waals surface area contributed by atoms with Crippen molar-refractivity contribution in [1.29, 1.82) is 0 Å². The number of aliphatic hydroxyl groups is 14. The van der Waals surface area contributed by atoms with Gasteiger partial charge in [-0.3, -0.25) is 4.79 Å². The summed E-state index contributed by atoms with van der Waals surface area (Å²) in [5.74, 6) is -0.941. The van der Waals surface area contributed by atoms with Crippen LogP contribution < -0.4 is 0 Å². The maximum atomic E-state index is 15.1. The molecule has 0 aromatic carbocycles. The number of hydrogen-bond acceptors (Lipinski definition) is 23. The van der Waals surface area contributed by atoms with Gasteiger partial charge < -0.3 is 109 Å². The first-order valence-electron chi connectivity index (χ1n) is 27.4. The average molecular weight is 1090 g/mol. The van der Waals surface area contributed by atoms with E-state index in [1.807, 2.05) is 6.92 Å². The Morgan fingerprint density at radius 2 is 1.13 bits per heavy atom. The quantitative estimate of drug-likeness (QED) is 0.0549. The maximum Gasteiger partial charge on any atom is 0.315 e. The fraction of sp³-hybridized carbons (Fsp3) is 0.943. The van der Waals surface area contributed by atoms with Gasteiger partial charge in [-0.05, 0) is 104 Å². The van der Waals surface area contributed by atoms with Gasteiger partial charge in [-0.1, -0.05) is 53.2 Å². The number of rotatable bonds is 12. The second-order valence-electron chi connectivity index (χ2n) is 25.7. The van der Waals surface area contributed by atoms with Crippen LogP contribution in [0.1, 0.15) is 106 Å². The molecule has 4 saturated carbocycles. The Balaban J connectivity index is 0.990. The van der Waals surface area contributed by atoms with E-state index in [4.69, 9.17) is 37.9 Å². The van der Waals surface area contributed by atoms with Crippen molar-refractivity contribution in [2.75, 3.05) is 33.0 Å². The van der Waals surface area contributed by atoms with Crippen molar-refractivity contribution in [3.63, 3.8) is 0 Å². The molecule has 0 aromatic rings. The first kappa shape index (κ1) is 59.0. The minimum atomic E-state index is -1.82. The number of esters is 1. The van der Waals surface area contributed by atoms with E-state index in [9.17, 15) is 71.5 Å². The lowest BCUT2D eigenvalue weighted by Crippen LogP contribution is -2.67. The highest BCUT2D eigenvalue weighted by atomic mass is 16.7. The number of aliphatic hydroxyl groups excluding tert-OH is 14. The van der Waals surface area contributed by atoms with Crippen molar-refractivity contribution in [1.82, 2.24) is 0 Å². The Hall–Kier alpha value is -1.63. The Morgan fingerprint density at radius 1 is 0.592 bits per heavy atom. The van der Waals surface area contributed by atoms with Crippen molar-refractivity contribution in [3.05, 3.63) is 11.6 Å². The Bertz CT molecular complexity index is 2080. The molecule has 436 valence electrons. The molecule has 4 aliphatic heterocycles. The molecular formula is C53H86O23. The summed E-state index contributed by atoms with van der Waals surface area (Å²) in [6, 6.07) is 0. The van der Waals surface area contributed by atoms with E-state index in [-0.39, 0.29) is 35.2 Å². The van der Waals surface area contributed by atoms with Crippen LogP contribution in [0.25, 0.3) is 0 Å². The average Bonchev–Trinajstić information content (AvgIpc) is 3.47. The van der Waals surface area contributed by atoms with Gasteiger partial charge in [-0.25, -0.2) is 0 Å². The van der Waals surface area contributed by atoms with Crippen LogP contribution in [-0.2, 0) is 42.7 Å². The van der Waals surface area contributed by atoms with E-state index >= 15 is 4.79 Å². The van der Waals surface area contributed by atoms with Crippen molar-refractivity contribution in [2.24, 2.45) is 50.2 Å². The molecule has 0 spiro atoms. The smallest absolute Gasteiger partial charge is 0.315 e. The molecule has 28 atom stereocenters. The van der Waals surface area contributed by atoms with Crippen molar-refractivity contribution >= 4 is 5.97 Å². The molecule has 0 unspecified atom stereocenters. The van der Waals surface area contributed by atoms with E-state index in [0.717, 1.165) is 6.42 Å². The van der Waals surface area contributed by atoms with Gasteiger partial charge >= 0.3 is 5.97 Å². The molecule has 0 amide bonds. The molecular weight excluding hydrogens is 1000 g/mol. The standard InChI is InChI=1S/C53H86O23/c1-48(2)13-15-53(47(68)76-44-41(67)42(25(57)21-69-44)75-46-40(66)37(63)34(60)28(20-56)73-46)16-14-51(5)23(24(53)17-48)7-8-30-49(3)11-10-31(74-45-39(65)36(62)33(59)27(19-55)72-45)50(4,29(49)9-12-52(30,51)6)22-70-43-38(64)35(61)32(58)26(18-54)71-43/h7,24-46,54-67H,8-22H2,1-6H3/t24-,25-,26+,27+,28+,29+,30+,31-,32+,33+,34+,35-,36-,37-,38+,39+,40+,41+,42-,43+,44-,45-,46-,49-,50-,51+,52+,53-/m0/s1. The molecule has 9 rings (SSSR count). The van der Waals surface area contributed by atoms with Crippen LogP contribution in [0.5, 0.6) is 0 Å². The van der Waals surface area contributed by atoms with Crippen LogP contribution in [0.3, 0.4) is 0 Å². The first-order chi connectivity index (χ1) is 35.7. The molecule has 9 aliphatic rings. The third-order valence-corrected chi connectivity index (χ3v) is 21.1. The molecule has 23 heteroatoms. The van der Waals surface area contributed by atoms with Crippen molar-refractivity contribution in [2.45, 2.75) is 229 Å². The molecule has 0 radical (unpaired) electrons. The van der Waals surface area contributed by atoms with Crippen LogP contribution in [0.2, 0.25) is 0 Å². The fourth-order valence-electron chi connectivity index (χ4n) is 16.2. The second kappa shape index (κ2) is 21.6. The van der Waals surface area contributed by atoms with Gasteiger partial charge in [0.1, 0.15) is 91.6 Å². The highest BCUT2D eigenvalue weighted by Gasteiger charge is 2.71. The van der Waals surface area contributed by atoms with Crippen LogP contribution in [0.4, 0.5) is 0 Å². The molecule has 0 bridgehead atoms. The summed E-state index contributed by atoms with van der Waals surface area (Å²) in [6.45, 7) is 10.8. The number of ether oxygens (including phenoxy) is 8. The summed E-state index contributed by atoms with van der Waals surface area (Å²) >= 11 is 0. The van der Waals surface area contributed by atoms with Crippen molar-refractivity contribution in [3.8, 4) is 0 Å². The molecule has 23 nitrogen and oxygen atoms in total. The van der Waals surface area contributed by atoms with Gasteiger partial charge in [-0.2, -0.15) is 0 Å². The minimum Gasteiger partial charge on any atom is -0.432 e. The van der Waals surface area contributed by atoms with Crippen LogP contribution >= 0.6 is 0 Å². The fourth-order valence-corrected chi connectivity index (χ4v) is 16.2. The number of hydrogen-bond donors (Lipinski definition) is 14. The first-order valence-corrected chi connectivity index (χ1v) is 27.4. The molecule has 0 aromatic heterocycles. The zero-order valence-electron chi connectivity index (χ0n) is 44.4. The Morgan fingerprint density at radius 3 is 1.71 bits per heavy atom. The third kappa shape index (κ3) is 9.56. The summed E-state index contributed by atoms with van der Waals surface area (Å²) in [5, 5.41) is 149. The molecule has 76 heavy (non-hydrogen) atoms. The topological polar surface area (TPSA) is 374 Å². The molecule has 5 aliphatic carbocycles. The molecule has 8 fully saturated rings. The van der Waals surface area contributed by atoms with Crippen LogP contribution in [0, 0.1) is 50.2 Å². The lowest BCUT2D eigenvalue weighted by molar-refractivity contribution is -0.346. The Labute approximate surface area is 442 Å². The highest BCUT2D eigenvalue weighted by Crippen LogP contribution is 2.76. The van der Waals surface area contributed by atoms with Crippen LogP contribution in [-0.4, -0.2) is 233 Å². The van der Waals surface area contributed by atoms with Gasteiger partial charge in [0.15, 0.2) is 18.9 Å². The van der Waals surface area contributed by atoms with Gasteiger partial charge in [-0.15, -0.1) is 0 Å². The lowest BCUT2D eigenvalue weighted by Gasteiger charge is -2.71. The van der Waals surface area contributed by atoms with Crippen LogP contribution in [0.15, 0.2) is 11.6 Å². The van der Waals surface area contributed by atoms with Gasteiger partial charge in [0.2, 0.25) is 6.29 Å².